The van der Waals surface area contributed by atoms with Gasteiger partial charge in [0.2, 0.25) is 15.9 Å². The molecule has 0 N–H and O–H groups in total. The molecule has 1 amide bonds. The maximum Gasteiger partial charge on any atom is 0.246 e. The van der Waals surface area contributed by atoms with Crippen LogP contribution < -0.4 is 0 Å². The normalized spacial score (nSPS) is 16.2. The molecule has 2 heterocycles. The van der Waals surface area contributed by atoms with Crippen LogP contribution in [0.2, 0.25) is 0 Å². The van der Waals surface area contributed by atoms with Crippen LogP contribution >= 0.6 is 0 Å². The lowest BCUT2D eigenvalue weighted by Crippen LogP contribution is -2.50. The summed E-state index contributed by atoms with van der Waals surface area (Å²) < 4.78 is 71.2. The number of sulfonamides is 1. The first kappa shape index (κ1) is 19.2. The number of carbonyl (C=O) groups is 1. The third kappa shape index (κ3) is 3.91. The topological polar surface area (TPSA) is 70.8 Å². The monoisotopic (exact) mass is 400 g/mol. The fraction of sp³-hybridized carbons (Fsp3) is 0.235. The van der Waals surface area contributed by atoms with Crippen molar-refractivity contribution in [1.29, 1.82) is 0 Å². The molecule has 6 nitrogen and oxygen atoms in total. The van der Waals surface area contributed by atoms with Crippen molar-refractivity contribution in [2.45, 2.75) is 4.90 Å². The van der Waals surface area contributed by atoms with Gasteiger partial charge in [0, 0.05) is 32.3 Å². The first-order valence-corrected chi connectivity index (χ1v) is 9.39. The maximum atomic E-state index is 13.8. The average Bonchev–Trinajstić information content (AvgIpc) is 3.17. The molecule has 0 unspecified atom stereocenters. The molecule has 1 saturated heterocycles. The van der Waals surface area contributed by atoms with Crippen LogP contribution in [0.3, 0.4) is 0 Å². The van der Waals surface area contributed by atoms with Gasteiger partial charge >= 0.3 is 0 Å². The summed E-state index contributed by atoms with van der Waals surface area (Å²) >= 11 is 0. The Kier molecular flexibility index (Phi) is 5.38. The smallest absolute Gasteiger partial charge is 0.246 e. The molecule has 0 spiro atoms. The van der Waals surface area contributed by atoms with Gasteiger partial charge in [-0.15, -0.1) is 0 Å². The van der Waals surface area contributed by atoms with Gasteiger partial charge in [-0.05, 0) is 30.3 Å². The molecule has 27 heavy (non-hydrogen) atoms. The molecule has 0 aliphatic carbocycles. The second-order valence-corrected chi connectivity index (χ2v) is 7.66. The van der Waals surface area contributed by atoms with Gasteiger partial charge in [0.15, 0.2) is 17.5 Å². The lowest BCUT2D eigenvalue weighted by Gasteiger charge is -2.33. The zero-order valence-corrected chi connectivity index (χ0v) is 14.8. The van der Waals surface area contributed by atoms with E-state index >= 15 is 0 Å². The SMILES string of the molecule is O=C(/C=C/c1ccco1)N1CCN(S(=O)(=O)c2ccc(F)c(F)c2F)CC1. The first-order chi connectivity index (χ1) is 12.8. The van der Waals surface area contributed by atoms with Crippen LogP contribution in [-0.2, 0) is 14.8 Å². The van der Waals surface area contributed by atoms with Crippen molar-refractivity contribution < 1.29 is 30.8 Å². The van der Waals surface area contributed by atoms with Crippen LogP contribution in [0.4, 0.5) is 13.2 Å². The molecule has 0 atom stereocenters. The highest BCUT2D eigenvalue weighted by molar-refractivity contribution is 7.89. The minimum Gasteiger partial charge on any atom is -0.465 e. The van der Waals surface area contributed by atoms with Crippen LogP contribution in [0.5, 0.6) is 0 Å². The van der Waals surface area contributed by atoms with Gasteiger partial charge in [-0.3, -0.25) is 4.79 Å². The number of rotatable bonds is 4. The molecule has 1 aliphatic heterocycles. The Morgan fingerprint density at radius 3 is 2.37 bits per heavy atom. The summed E-state index contributed by atoms with van der Waals surface area (Å²) in [6.07, 6.45) is 4.26. The second-order valence-electron chi connectivity index (χ2n) is 5.75. The summed E-state index contributed by atoms with van der Waals surface area (Å²) in [5, 5.41) is 0. The molecule has 1 fully saturated rings. The number of furan rings is 1. The fourth-order valence-corrected chi connectivity index (χ4v) is 4.12. The average molecular weight is 400 g/mol. The van der Waals surface area contributed by atoms with E-state index in [1.54, 1.807) is 12.1 Å². The fourth-order valence-electron chi connectivity index (χ4n) is 2.64. The Bertz CT molecular complexity index is 966. The molecular formula is C17H15F3N2O4S. The zero-order valence-electron chi connectivity index (χ0n) is 13.9. The van der Waals surface area contributed by atoms with Crippen LogP contribution in [0, 0.1) is 17.5 Å². The summed E-state index contributed by atoms with van der Waals surface area (Å²) in [6, 6.07) is 4.59. The molecule has 3 rings (SSSR count). The van der Waals surface area contributed by atoms with E-state index in [1.165, 1.54) is 23.3 Å². The highest BCUT2D eigenvalue weighted by Crippen LogP contribution is 2.24. The highest BCUT2D eigenvalue weighted by atomic mass is 32.2. The van der Waals surface area contributed by atoms with Crippen molar-refractivity contribution in [3.63, 3.8) is 0 Å². The Balaban J connectivity index is 1.68. The van der Waals surface area contributed by atoms with E-state index in [2.05, 4.69) is 0 Å². The Morgan fingerprint density at radius 2 is 1.74 bits per heavy atom. The van der Waals surface area contributed by atoms with Gasteiger partial charge in [0.1, 0.15) is 10.7 Å². The molecule has 0 radical (unpaired) electrons. The van der Waals surface area contributed by atoms with Gasteiger partial charge in [0.25, 0.3) is 0 Å². The minimum absolute atomic E-state index is 0.0753. The predicted octanol–water partition coefficient (Wildman–Crippen LogP) is 2.24. The molecule has 1 aliphatic rings. The zero-order chi connectivity index (χ0) is 19.6. The van der Waals surface area contributed by atoms with E-state index in [1.807, 2.05) is 0 Å². The Morgan fingerprint density at radius 1 is 1.04 bits per heavy atom. The summed E-state index contributed by atoms with van der Waals surface area (Å²) in [4.78, 5) is 12.6. The van der Waals surface area contributed by atoms with Crippen LogP contribution in [0.25, 0.3) is 6.08 Å². The minimum atomic E-state index is -4.35. The molecule has 0 bridgehead atoms. The van der Waals surface area contributed by atoms with Gasteiger partial charge in [-0.1, -0.05) is 0 Å². The molecule has 2 aromatic rings. The third-order valence-electron chi connectivity index (χ3n) is 4.10. The maximum absolute atomic E-state index is 13.8. The van der Waals surface area contributed by atoms with Crippen molar-refractivity contribution in [2.75, 3.05) is 26.2 Å². The Labute approximate surface area is 153 Å². The third-order valence-corrected chi connectivity index (χ3v) is 6.02. The quantitative estimate of drug-likeness (QED) is 0.583. The van der Waals surface area contributed by atoms with E-state index in [0.717, 1.165) is 4.31 Å². The van der Waals surface area contributed by atoms with Crippen LogP contribution in [0.1, 0.15) is 5.76 Å². The summed E-state index contributed by atoms with van der Waals surface area (Å²) in [5.41, 5.74) is 0. The van der Waals surface area contributed by atoms with E-state index < -0.39 is 32.4 Å². The van der Waals surface area contributed by atoms with Crippen molar-refractivity contribution in [3.8, 4) is 0 Å². The molecular weight excluding hydrogens is 385 g/mol. The second kappa shape index (κ2) is 7.57. The largest absolute Gasteiger partial charge is 0.465 e. The molecule has 144 valence electrons. The number of carbonyl (C=O) groups excluding carboxylic acids is 1. The van der Waals surface area contributed by atoms with Gasteiger partial charge in [-0.2, -0.15) is 4.31 Å². The summed E-state index contributed by atoms with van der Waals surface area (Å²) in [6.45, 7) is -0.0418. The number of nitrogens with zero attached hydrogens (tertiary/aromatic N) is 2. The highest BCUT2D eigenvalue weighted by Gasteiger charge is 2.33. The van der Waals surface area contributed by atoms with Crippen molar-refractivity contribution in [2.24, 2.45) is 0 Å². The first-order valence-electron chi connectivity index (χ1n) is 7.95. The number of halogens is 3. The molecule has 10 heteroatoms. The van der Waals surface area contributed by atoms with Crippen LogP contribution in [0.15, 0.2) is 45.9 Å². The van der Waals surface area contributed by atoms with Crippen molar-refractivity contribution in [1.82, 2.24) is 9.21 Å². The summed E-state index contributed by atoms with van der Waals surface area (Å²) in [5.74, 6) is -4.89. The summed E-state index contributed by atoms with van der Waals surface area (Å²) in [7, 11) is -4.35. The number of benzene rings is 1. The lowest BCUT2D eigenvalue weighted by atomic mass is 10.3. The van der Waals surface area contributed by atoms with Crippen LogP contribution in [-0.4, -0.2) is 49.7 Å². The van der Waals surface area contributed by atoms with Gasteiger partial charge < -0.3 is 9.32 Å². The lowest BCUT2D eigenvalue weighted by molar-refractivity contribution is -0.127. The number of hydrogen-bond acceptors (Lipinski definition) is 4. The van der Waals surface area contributed by atoms with Gasteiger partial charge in [0.05, 0.1) is 6.26 Å². The molecule has 1 aromatic carbocycles. The van der Waals surface area contributed by atoms with E-state index in [0.29, 0.717) is 17.9 Å². The van der Waals surface area contributed by atoms with E-state index in [-0.39, 0.29) is 32.1 Å². The molecule has 1 aromatic heterocycles. The van der Waals surface area contributed by atoms with Crippen molar-refractivity contribution in [3.05, 3.63) is 59.8 Å². The Hall–Kier alpha value is -2.59. The molecule has 0 saturated carbocycles. The van der Waals surface area contributed by atoms with E-state index in [9.17, 15) is 26.4 Å². The van der Waals surface area contributed by atoms with Gasteiger partial charge in [-0.25, -0.2) is 21.6 Å². The standard InChI is InChI=1S/C17H15F3N2O4S/c18-13-4-5-14(17(20)16(13)19)27(24,25)22-9-7-21(8-10-22)15(23)6-3-12-2-1-11-26-12/h1-6,11H,7-10H2/b6-3+. The number of piperazine rings is 1. The number of hydrogen-bond donors (Lipinski definition) is 0. The number of amides is 1. The predicted molar refractivity (Wildman–Crippen MR) is 89.4 cm³/mol. The van der Waals surface area contributed by atoms with E-state index in [4.69, 9.17) is 4.42 Å². The van der Waals surface area contributed by atoms with Crippen molar-refractivity contribution >= 4 is 22.0 Å².